The second-order valence-corrected chi connectivity index (χ2v) is 12.5. The molecule has 9 nitrogen and oxygen atoms in total. The van der Waals surface area contributed by atoms with E-state index in [4.69, 9.17) is 10.7 Å². The number of amidine groups is 1. The zero-order chi connectivity index (χ0) is 26.3. The number of halogens is 3. The maximum absolute atomic E-state index is 15.2. The summed E-state index contributed by atoms with van der Waals surface area (Å²) < 4.78 is 58.5. The normalized spacial score (nSPS) is 29.3. The third-order valence-corrected chi connectivity index (χ3v) is 10.7. The van der Waals surface area contributed by atoms with Crippen molar-refractivity contribution in [1.82, 2.24) is 14.7 Å². The van der Waals surface area contributed by atoms with Crippen LogP contribution in [0.15, 0.2) is 35.5 Å². The topological polar surface area (TPSA) is 135 Å². The van der Waals surface area contributed by atoms with Crippen molar-refractivity contribution in [3.63, 3.8) is 0 Å². The molecule has 0 radical (unpaired) electrons. The summed E-state index contributed by atoms with van der Waals surface area (Å²) in [5.41, 5.74) is 4.92. The molecule has 2 aromatic heterocycles. The van der Waals surface area contributed by atoms with Gasteiger partial charge in [-0.1, -0.05) is 16.9 Å². The van der Waals surface area contributed by atoms with E-state index in [1.807, 2.05) is 13.8 Å². The lowest BCUT2D eigenvalue weighted by Gasteiger charge is -2.58. The van der Waals surface area contributed by atoms with Gasteiger partial charge in [-0.25, -0.2) is 14.4 Å². The van der Waals surface area contributed by atoms with Crippen LogP contribution in [0.5, 0.6) is 5.75 Å². The van der Waals surface area contributed by atoms with E-state index in [-0.39, 0.29) is 28.8 Å². The van der Waals surface area contributed by atoms with Gasteiger partial charge < -0.3 is 20.3 Å². The molecule has 2 aliphatic heterocycles. The van der Waals surface area contributed by atoms with Crippen molar-refractivity contribution in [2.24, 2.45) is 10.7 Å². The van der Waals surface area contributed by atoms with E-state index in [2.05, 4.69) is 24.7 Å². The predicted molar refractivity (Wildman–Crippen MR) is 132 cm³/mol. The van der Waals surface area contributed by atoms with Crippen LogP contribution < -0.4 is 20.5 Å². The van der Waals surface area contributed by atoms with Gasteiger partial charge in [0, 0.05) is 6.54 Å². The van der Waals surface area contributed by atoms with Gasteiger partial charge in [0.1, 0.15) is 40.1 Å². The number of fused-ring (bicyclic) bond motifs is 1. The standard InChI is InChI=1S/C23H29F3N6O3S/c1-22(2)20(27)32-23(3,16-6-4-5-11-29-36(16,22)34)18-14(24)8-10-17(30-18)31-19(33)15-9-7-13(12-28-15)35-21(25)26/h7-10,12,16,21,29,34H,4-6,11H2,1-3H3,(H2,27,32)(H,30,31,33)/t16-,23-/m0/s1. The number of nitrogens with zero attached hydrogens (tertiary/aromatic N) is 3. The average Bonchev–Trinajstić information content (AvgIpc) is 3.02. The van der Waals surface area contributed by atoms with Crippen molar-refractivity contribution in [3.8, 4) is 5.75 Å². The molecule has 1 saturated heterocycles. The number of hydrogen-bond acceptors (Lipinski definition) is 8. The number of anilines is 1. The molecular weight excluding hydrogens is 497 g/mol. The number of amides is 1. The van der Waals surface area contributed by atoms with Crippen LogP contribution in [-0.4, -0.2) is 49.4 Å². The Kier molecular flexibility index (Phi) is 6.92. The number of aliphatic imine (C=N–C) groups is 1. The van der Waals surface area contributed by atoms with E-state index in [1.54, 1.807) is 6.92 Å². The highest BCUT2D eigenvalue weighted by atomic mass is 32.3. The van der Waals surface area contributed by atoms with Gasteiger partial charge in [0.15, 0.2) is 0 Å². The first-order valence-electron chi connectivity index (χ1n) is 11.4. The van der Waals surface area contributed by atoms with Gasteiger partial charge >= 0.3 is 6.61 Å². The lowest BCUT2D eigenvalue weighted by Crippen LogP contribution is -2.60. The summed E-state index contributed by atoms with van der Waals surface area (Å²) >= 11 is 0. The van der Waals surface area contributed by atoms with Gasteiger partial charge in [0.25, 0.3) is 5.91 Å². The predicted octanol–water partition coefficient (Wildman–Crippen LogP) is 4.17. The van der Waals surface area contributed by atoms with Gasteiger partial charge in [-0.05, 0) is 57.9 Å². The molecule has 3 atom stereocenters. The van der Waals surface area contributed by atoms with Crippen LogP contribution in [0.2, 0.25) is 0 Å². The number of nitrogens with two attached hydrogens (primary N) is 1. The van der Waals surface area contributed by atoms with Crippen molar-refractivity contribution in [1.29, 1.82) is 0 Å². The molecule has 4 rings (SSSR count). The molecule has 0 aromatic carbocycles. The summed E-state index contributed by atoms with van der Waals surface area (Å²) in [4.78, 5) is 25.6. The molecule has 0 spiro atoms. The highest BCUT2D eigenvalue weighted by molar-refractivity contribution is 8.29. The number of nitrogens with one attached hydrogen (secondary N) is 2. The molecular formula is C23H29F3N6O3S. The van der Waals surface area contributed by atoms with Crippen LogP contribution in [0.25, 0.3) is 0 Å². The summed E-state index contributed by atoms with van der Waals surface area (Å²) in [5, 5.41) is 2.06. The van der Waals surface area contributed by atoms with Crippen LogP contribution in [0.1, 0.15) is 56.2 Å². The Balaban J connectivity index is 1.68. The summed E-state index contributed by atoms with van der Waals surface area (Å²) in [7, 11) is -2.59. The largest absolute Gasteiger partial charge is 0.433 e. The Morgan fingerprint density at radius 1 is 1.28 bits per heavy atom. The van der Waals surface area contributed by atoms with Crippen LogP contribution >= 0.6 is 10.5 Å². The molecule has 1 amide bonds. The zero-order valence-electron chi connectivity index (χ0n) is 20.1. The highest BCUT2D eigenvalue weighted by Gasteiger charge is 2.59. The molecule has 2 aliphatic rings. The minimum atomic E-state index is -3.01. The molecule has 1 fully saturated rings. The van der Waals surface area contributed by atoms with Gasteiger partial charge in [0.05, 0.1) is 16.2 Å². The Morgan fingerprint density at radius 2 is 2.03 bits per heavy atom. The Bertz CT molecular complexity index is 1180. The maximum atomic E-state index is 15.2. The Labute approximate surface area is 208 Å². The molecule has 36 heavy (non-hydrogen) atoms. The first-order chi connectivity index (χ1) is 16.9. The number of ether oxygens (including phenoxy) is 1. The molecule has 4 heterocycles. The SMILES string of the molecule is CC1(C)C(N)=N[C@](C)(c2nc(NC(=O)c3ccc(OC(F)F)cn3)ccc2F)[C@@H]2CCCCNS21O. The van der Waals surface area contributed by atoms with Gasteiger partial charge in [-0.15, -0.1) is 0 Å². The smallest absolute Gasteiger partial charge is 0.387 e. The van der Waals surface area contributed by atoms with E-state index in [0.717, 1.165) is 19.0 Å². The quantitative estimate of drug-likeness (QED) is 0.459. The van der Waals surface area contributed by atoms with Gasteiger partial charge in [-0.2, -0.15) is 8.78 Å². The molecule has 2 aromatic rings. The van der Waals surface area contributed by atoms with Gasteiger partial charge in [-0.3, -0.25) is 14.5 Å². The summed E-state index contributed by atoms with van der Waals surface area (Å²) in [6.45, 7) is 2.95. The van der Waals surface area contributed by atoms with Crippen LogP contribution in [0.3, 0.4) is 0 Å². The average molecular weight is 527 g/mol. The van der Waals surface area contributed by atoms with Crippen LogP contribution in [0, 0.1) is 5.82 Å². The molecule has 196 valence electrons. The van der Waals surface area contributed by atoms with E-state index in [0.29, 0.717) is 13.0 Å². The number of rotatable bonds is 5. The van der Waals surface area contributed by atoms with E-state index >= 15 is 4.39 Å². The van der Waals surface area contributed by atoms with E-state index < -0.39 is 44.4 Å². The minimum absolute atomic E-state index is 0.0334. The van der Waals surface area contributed by atoms with Crippen molar-refractivity contribution < 1.29 is 27.3 Å². The fourth-order valence-electron chi connectivity index (χ4n) is 4.66. The van der Waals surface area contributed by atoms with Crippen molar-refractivity contribution in [3.05, 3.63) is 47.7 Å². The molecule has 0 saturated carbocycles. The fraction of sp³-hybridized carbons (Fsp3) is 0.478. The number of alkyl halides is 2. The third kappa shape index (κ3) is 4.50. The van der Waals surface area contributed by atoms with Gasteiger partial charge in [0.2, 0.25) is 0 Å². The summed E-state index contributed by atoms with van der Waals surface area (Å²) in [6, 6.07) is 4.86. The summed E-state index contributed by atoms with van der Waals surface area (Å²) in [6.07, 6.45) is 3.24. The highest BCUT2D eigenvalue weighted by Crippen LogP contribution is 2.66. The molecule has 13 heteroatoms. The Morgan fingerprint density at radius 3 is 2.69 bits per heavy atom. The number of pyridine rings is 2. The zero-order valence-corrected chi connectivity index (χ0v) is 20.9. The second-order valence-electron chi connectivity index (χ2n) is 9.40. The molecule has 0 bridgehead atoms. The molecule has 5 N–H and O–H groups in total. The summed E-state index contributed by atoms with van der Waals surface area (Å²) in [5.74, 6) is -1.30. The first-order valence-corrected chi connectivity index (χ1v) is 13.1. The Hall–Kier alpha value is -2.90. The second kappa shape index (κ2) is 9.52. The van der Waals surface area contributed by atoms with Crippen molar-refractivity contribution >= 4 is 28.1 Å². The third-order valence-electron chi connectivity index (χ3n) is 6.76. The van der Waals surface area contributed by atoms with Crippen molar-refractivity contribution in [2.45, 2.75) is 62.2 Å². The van der Waals surface area contributed by atoms with E-state index in [1.165, 1.54) is 24.3 Å². The minimum Gasteiger partial charge on any atom is -0.433 e. The fourth-order valence-corrected chi connectivity index (χ4v) is 8.09. The lowest BCUT2D eigenvalue weighted by molar-refractivity contribution is -0.0500. The molecule has 1 unspecified atom stereocenters. The van der Waals surface area contributed by atoms with Crippen LogP contribution in [0.4, 0.5) is 19.0 Å². The monoisotopic (exact) mass is 526 g/mol. The number of aromatic nitrogens is 2. The number of carbonyl (C=O) groups excluding carboxylic acids is 1. The number of carbonyl (C=O) groups is 1. The maximum Gasteiger partial charge on any atom is 0.387 e. The first kappa shape index (κ1) is 26.2. The van der Waals surface area contributed by atoms with Crippen molar-refractivity contribution in [2.75, 3.05) is 11.9 Å². The number of hydrogen-bond donors (Lipinski definition) is 4. The lowest BCUT2D eigenvalue weighted by atomic mass is 9.88. The molecule has 0 aliphatic carbocycles. The van der Waals surface area contributed by atoms with E-state index in [9.17, 15) is 18.1 Å². The van der Waals surface area contributed by atoms with Crippen LogP contribution in [-0.2, 0) is 5.54 Å².